The van der Waals surface area contributed by atoms with E-state index in [1.807, 2.05) is 49.4 Å². The Kier molecular flexibility index (Phi) is 7.14. The molecule has 0 atom stereocenters. The van der Waals surface area contributed by atoms with E-state index in [9.17, 15) is 4.79 Å². The molecular weight excluding hydrogens is 370 g/mol. The third kappa shape index (κ3) is 5.89. The van der Waals surface area contributed by atoms with Crippen molar-refractivity contribution < 1.29 is 9.53 Å². The van der Waals surface area contributed by atoms with Gasteiger partial charge in [-0.25, -0.2) is 4.98 Å². The van der Waals surface area contributed by atoms with Crippen LogP contribution in [0.1, 0.15) is 22.5 Å². The molecule has 2 aromatic carbocycles. The van der Waals surface area contributed by atoms with E-state index in [4.69, 9.17) is 4.74 Å². The Morgan fingerprint density at radius 1 is 1.11 bits per heavy atom. The molecule has 0 aliphatic rings. The number of aromatic amines is 1. The molecule has 0 radical (unpaired) electrons. The Morgan fingerprint density at radius 2 is 1.86 bits per heavy atom. The maximum Gasteiger partial charge on any atom is 0.230 e. The highest BCUT2D eigenvalue weighted by Gasteiger charge is 2.10. The molecule has 3 rings (SSSR count). The highest BCUT2D eigenvalue weighted by Crippen LogP contribution is 2.19. The van der Waals surface area contributed by atoms with Crippen LogP contribution in [0.5, 0.6) is 5.75 Å². The van der Waals surface area contributed by atoms with E-state index in [0.29, 0.717) is 12.3 Å². The molecule has 0 fully saturated rings. The fourth-order valence-corrected chi connectivity index (χ4v) is 3.59. The first-order chi connectivity index (χ1) is 13.6. The van der Waals surface area contributed by atoms with Crippen molar-refractivity contribution in [2.45, 2.75) is 24.9 Å². The summed E-state index contributed by atoms with van der Waals surface area (Å²) in [6.45, 7) is 2.63. The number of thioether (sulfide) groups is 1. The SMILES string of the molecule is COc1ccc(CCNC(=O)CSc2nc(Cc3ccccc3)c(C)[nH]2)cc1. The normalized spacial score (nSPS) is 10.6. The number of aromatic nitrogens is 2. The van der Waals surface area contributed by atoms with E-state index in [2.05, 4.69) is 27.4 Å². The van der Waals surface area contributed by atoms with Crippen LogP contribution in [0.25, 0.3) is 0 Å². The molecule has 3 aromatic rings. The van der Waals surface area contributed by atoms with Gasteiger partial charge in [0.25, 0.3) is 0 Å². The lowest BCUT2D eigenvalue weighted by Gasteiger charge is -2.05. The van der Waals surface area contributed by atoms with Crippen LogP contribution in [-0.2, 0) is 17.6 Å². The Hall–Kier alpha value is -2.73. The molecule has 1 aromatic heterocycles. The van der Waals surface area contributed by atoms with Gasteiger partial charge in [0, 0.05) is 18.7 Å². The Labute approximate surface area is 169 Å². The van der Waals surface area contributed by atoms with Crippen LogP contribution < -0.4 is 10.1 Å². The second kappa shape index (κ2) is 9.99. The molecule has 5 nitrogen and oxygen atoms in total. The van der Waals surface area contributed by atoms with Crippen LogP contribution in [0.4, 0.5) is 0 Å². The Morgan fingerprint density at radius 3 is 2.57 bits per heavy atom. The number of nitrogens with one attached hydrogen (secondary N) is 2. The molecule has 0 saturated heterocycles. The fourth-order valence-electron chi connectivity index (χ4n) is 2.82. The number of benzene rings is 2. The average molecular weight is 396 g/mol. The van der Waals surface area contributed by atoms with Gasteiger partial charge >= 0.3 is 0 Å². The van der Waals surface area contributed by atoms with Crippen LogP contribution in [0.3, 0.4) is 0 Å². The summed E-state index contributed by atoms with van der Waals surface area (Å²) in [5.74, 6) is 1.20. The molecule has 2 N–H and O–H groups in total. The summed E-state index contributed by atoms with van der Waals surface area (Å²) in [6.07, 6.45) is 1.58. The third-order valence-electron chi connectivity index (χ3n) is 4.41. The molecule has 0 spiro atoms. The van der Waals surface area contributed by atoms with Gasteiger partial charge < -0.3 is 15.0 Å². The maximum absolute atomic E-state index is 12.1. The number of amides is 1. The Balaban J connectivity index is 1.42. The first kappa shape index (κ1) is 20.0. The predicted octanol–water partition coefficient (Wildman–Crippen LogP) is 3.77. The van der Waals surface area contributed by atoms with Crippen molar-refractivity contribution in [1.82, 2.24) is 15.3 Å². The summed E-state index contributed by atoms with van der Waals surface area (Å²) < 4.78 is 5.15. The number of carbonyl (C=O) groups excluding carboxylic acids is 1. The number of carbonyl (C=O) groups is 1. The summed E-state index contributed by atoms with van der Waals surface area (Å²) in [6, 6.07) is 18.1. The lowest BCUT2D eigenvalue weighted by Crippen LogP contribution is -2.27. The maximum atomic E-state index is 12.1. The van der Waals surface area contributed by atoms with Gasteiger partial charge in [0.15, 0.2) is 5.16 Å². The number of nitrogens with zero attached hydrogens (tertiary/aromatic N) is 1. The third-order valence-corrected chi connectivity index (χ3v) is 5.29. The number of methoxy groups -OCH3 is 1. The number of hydrogen-bond donors (Lipinski definition) is 2. The van der Waals surface area contributed by atoms with E-state index >= 15 is 0 Å². The zero-order valence-electron chi connectivity index (χ0n) is 16.2. The van der Waals surface area contributed by atoms with E-state index in [0.717, 1.165) is 35.1 Å². The van der Waals surface area contributed by atoms with Crippen LogP contribution in [0.15, 0.2) is 59.8 Å². The monoisotopic (exact) mass is 395 g/mol. The molecule has 0 unspecified atom stereocenters. The lowest BCUT2D eigenvalue weighted by atomic mass is 10.1. The van der Waals surface area contributed by atoms with Crippen molar-refractivity contribution in [2.24, 2.45) is 0 Å². The topological polar surface area (TPSA) is 67.0 Å². The van der Waals surface area contributed by atoms with Gasteiger partial charge in [-0.05, 0) is 36.6 Å². The second-order valence-electron chi connectivity index (χ2n) is 6.51. The number of hydrogen-bond acceptors (Lipinski definition) is 4. The second-order valence-corrected chi connectivity index (χ2v) is 7.48. The van der Waals surface area contributed by atoms with Crippen LogP contribution >= 0.6 is 11.8 Å². The van der Waals surface area contributed by atoms with E-state index in [1.165, 1.54) is 22.9 Å². The number of imidazole rings is 1. The summed E-state index contributed by atoms with van der Waals surface area (Å²) in [4.78, 5) is 20.0. The summed E-state index contributed by atoms with van der Waals surface area (Å²) in [5, 5.41) is 3.74. The van der Waals surface area contributed by atoms with Gasteiger partial charge in [0.2, 0.25) is 5.91 Å². The lowest BCUT2D eigenvalue weighted by molar-refractivity contribution is -0.118. The summed E-state index contributed by atoms with van der Waals surface area (Å²) >= 11 is 1.43. The van der Waals surface area contributed by atoms with Gasteiger partial charge in [-0.1, -0.05) is 54.2 Å². The number of H-pyrrole nitrogens is 1. The standard InChI is InChI=1S/C22H25N3O2S/c1-16-20(14-18-6-4-3-5-7-18)25-22(24-16)28-15-21(26)23-13-12-17-8-10-19(27-2)11-9-17/h3-11H,12-15H2,1-2H3,(H,23,26)(H,24,25). The molecule has 146 valence electrons. The van der Waals surface area contributed by atoms with Gasteiger partial charge in [-0.15, -0.1) is 0 Å². The largest absolute Gasteiger partial charge is 0.497 e. The summed E-state index contributed by atoms with van der Waals surface area (Å²) in [5.41, 5.74) is 4.46. The predicted molar refractivity (Wildman–Crippen MR) is 113 cm³/mol. The fraction of sp³-hybridized carbons (Fsp3) is 0.273. The minimum atomic E-state index is 0.0113. The van der Waals surface area contributed by atoms with Crippen molar-refractivity contribution in [3.63, 3.8) is 0 Å². The van der Waals surface area contributed by atoms with E-state index in [-0.39, 0.29) is 5.91 Å². The first-order valence-corrected chi connectivity index (χ1v) is 10.2. The van der Waals surface area contributed by atoms with Crippen molar-refractivity contribution in [2.75, 3.05) is 19.4 Å². The number of rotatable bonds is 9. The van der Waals surface area contributed by atoms with Crippen molar-refractivity contribution in [1.29, 1.82) is 0 Å². The molecule has 1 amide bonds. The van der Waals surface area contributed by atoms with Gasteiger partial charge in [0.1, 0.15) is 5.75 Å². The highest BCUT2D eigenvalue weighted by molar-refractivity contribution is 7.99. The molecular formula is C22H25N3O2S. The minimum Gasteiger partial charge on any atom is -0.497 e. The van der Waals surface area contributed by atoms with Gasteiger partial charge in [-0.2, -0.15) is 0 Å². The van der Waals surface area contributed by atoms with Gasteiger partial charge in [0.05, 0.1) is 18.6 Å². The molecule has 0 aliphatic carbocycles. The zero-order valence-corrected chi connectivity index (χ0v) is 17.0. The first-order valence-electron chi connectivity index (χ1n) is 9.26. The quantitative estimate of drug-likeness (QED) is 0.541. The van der Waals surface area contributed by atoms with Gasteiger partial charge in [-0.3, -0.25) is 4.79 Å². The minimum absolute atomic E-state index is 0.0113. The van der Waals surface area contributed by atoms with E-state index < -0.39 is 0 Å². The highest BCUT2D eigenvalue weighted by atomic mass is 32.2. The molecule has 1 heterocycles. The Bertz CT molecular complexity index is 892. The average Bonchev–Trinajstić information content (AvgIpc) is 3.07. The van der Waals surface area contributed by atoms with Crippen molar-refractivity contribution in [3.8, 4) is 5.75 Å². The van der Waals surface area contributed by atoms with Crippen molar-refractivity contribution in [3.05, 3.63) is 77.1 Å². The van der Waals surface area contributed by atoms with Crippen LogP contribution in [0, 0.1) is 6.92 Å². The molecule has 28 heavy (non-hydrogen) atoms. The molecule has 0 aliphatic heterocycles. The molecule has 0 bridgehead atoms. The van der Waals surface area contributed by atoms with Crippen LogP contribution in [-0.4, -0.2) is 35.3 Å². The van der Waals surface area contributed by atoms with Crippen LogP contribution in [0.2, 0.25) is 0 Å². The molecule has 6 heteroatoms. The summed E-state index contributed by atoms with van der Waals surface area (Å²) in [7, 11) is 1.65. The smallest absolute Gasteiger partial charge is 0.230 e. The van der Waals surface area contributed by atoms with E-state index in [1.54, 1.807) is 7.11 Å². The number of aryl methyl sites for hydroxylation is 1. The zero-order chi connectivity index (χ0) is 19.8. The molecule has 0 saturated carbocycles. The van der Waals surface area contributed by atoms with Crippen molar-refractivity contribution >= 4 is 17.7 Å². The number of ether oxygens (including phenoxy) is 1.